The van der Waals surface area contributed by atoms with Crippen LogP contribution in [0.15, 0.2) is 108 Å². The van der Waals surface area contributed by atoms with E-state index in [4.69, 9.17) is 14.6 Å². The van der Waals surface area contributed by atoms with Gasteiger partial charge in [-0.15, -0.1) is 0 Å². The number of aromatic carboxylic acids is 1. The minimum Gasteiger partial charge on any atom is -0.494 e. The third-order valence-electron chi connectivity index (χ3n) is 9.82. The highest BCUT2D eigenvalue weighted by Gasteiger charge is 2.28. The minimum atomic E-state index is -0.872. The summed E-state index contributed by atoms with van der Waals surface area (Å²) >= 11 is 0. The van der Waals surface area contributed by atoms with Crippen molar-refractivity contribution in [2.75, 3.05) is 6.61 Å². The molecule has 0 saturated heterocycles. The molecule has 2 aliphatic rings. The largest absolute Gasteiger partial charge is 0.494 e. The zero-order valence-electron chi connectivity index (χ0n) is 29.2. The van der Waals surface area contributed by atoms with Gasteiger partial charge in [-0.2, -0.15) is 0 Å². The Morgan fingerprint density at radius 2 is 1.84 bits per heavy atom. The van der Waals surface area contributed by atoms with Crippen molar-refractivity contribution < 1.29 is 29.3 Å². The van der Waals surface area contributed by atoms with Crippen LogP contribution < -0.4 is 0 Å². The summed E-state index contributed by atoms with van der Waals surface area (Å²) in [4.78, 5) is 22.6. The van der Waals surface area contributed by atoms with Gasteiger partial charge in [-0.05, 0) is 117 Å². The molecule has 0 aromatic heterocycles. The lowest BCUT2D eigenvalue weighted by Gasteiger charge is -2.33. The number of unbranched alkanes of at least 4 members (excludes halogenated alkanes) is 3. The highest BCUT2D eigenvalue weighted by molar-refractivity contribution is 5.88. The molecule has 0 fully saturated rings. The van der Waals surface area contributed by atoms with E-state index in [9.17, 15) is 14.7 Å². The van der Waals surface area contributed by atoms with E-state index in [1.54, 1.807) is 6.07 Å². The molecule has 3 atom stereocenters. The van der Waals surface area contributed by atoms with Gasteiger partial charge in [0.2, 0.25) is 0 Å². The Bertz CT molecular complexity index is 1500. The molecule has 0 amide bonds. The van der Waals surface area contributed by atoms with Gasteiger partial charge in [0.15, 0.2) is 0 Å². The molecule has 0 aliphatic heterocycles. The number of allylic oxidation sites excluding steroid dienone is 5. The SMILES string of the molecule is C=C/C(=C\C=C(/C)OCc1ccccc1)CO[C@H]1CC=CC=C(CC[C@@H](CCCCCCC(=O)O)C2CCCc3cc(C(=O)O)ccc32)C1. The quantitative estimate of drug-likeness (QED) is 0.0830. The van der Waals surface area contributed by atoms with E-state index >= 15 is 0 Å². The molecule has 0 bridgehead atoms. The van der Waals surface area contributed by atoms with E-state index in [1.807, 2.05) is 49.4 Å². The van der Waals surface area contributed by atoms with Crippen LogP contribution in [-0.4, -0.2) is 34.9 Å². The van der Waals surface area contributed by atoms with Gasteiger partial charge in [-0.25, -0.2) is 4.79 Å². The van der Waals surface area contributed by atoms with Gasteiger partial charge in [0.05, 0.1) is 24.0 Å². The Morgan fingerprint density at radius 1 is 1.02 bits per heavy atom. The van der Waals surface area contributed by atoms with Gasteiger partial charge in [-0.1, -0.05) is 98.2 Å². The first-order valence-electron chi connectivity index (χ1n) is 18.0. The van der Waals surface area contributed by atoms with Crippen LogP contribution in [0.25, 0.3) is 0 Å². The third-order valence-corrected chi connectivity index (χ3v) is 9.82. The smallest absolute Gasteiger partial charge is 0.335 e. The summed E-state index contributed by atoms with van der Waals surface area (Å²) in [6, 6.07) is 15.8. The highest BCUT2D eigenvalue weighted by Crippen LogP contribution is 2.42. The van der Waals surface area contributed by atoms with Gasteiger partial charge in [0.1, 0.15) is 6.61 Å². The van der Waals surface area contributed by atoms with E-state index in [2.05, 4.69) is 43.0 Å². The fraction of sp³-hybridized carbons (Fsp3) is 0.442. The number of benzene rings is 2. The van der Waals surface area contributed by atoms with Crippen molar-refractivity contribution in [2.24, 2.45) is 5.92 Å². The van der Waals surface area contributed by atoms with Crippen molar-refractivity contribution in [3.8, 4) is 0 Å². The molecule has 0 radical (unpaired) electrons. The van der Waals surface area contributed by atoms with Crippen LogP contribution in [-0.2, 0) is 27.3 Å². The minimum absolute atomic E-state index is 0.0882. The maximum Gasteiger partial charge on any atom is 0.335 e. The molecular formula is C43H54O6. The summed E-state index contributed by atoms with van der Waals surface area (Å²) < 4.78 is 12.3. The first-order chi connectivity index (χ1) is 23.8. The van der Waals surface area contributed by atoms with Crippen molar-refractivity contribution in [3.05, 3.63) is 131 Å². The number of rotatable bonds is 20. The van der Waals surface area contributed by atoms with Gasteiger partial charge < -0.3 is 19.7 Å². The summed E-state index contributed by atoms with van der Waals surface area (Å²) in [6.45, 7) is 6.98. The molecule has 6 heteroatoms. The third kappa shape index (κ3) is 13.0. The maximum atomic E-state index is 11.7. The molecule has 4 rings (SSSR count). The molecule has 262 valence electrons. The van der Waals surface area contributed by atoms with Crippen LogP contribution in [0.3, 0.4) is 0 Å². The fourth-order valence-electron chi connectivity index (χ4n) is 7.05. The van der Waals surface area contributed by atoms with Crippen LogP contribution in [0, 0.1) is 5.92 Å². The molecule has 0 heterocycles. The second-order valence-electron chi connectivity index (χ2n) is 13.5. The highest BCUT2D eigenvalue weighted by atomic mass is 16.5. The van der Waals surface area contributed by atoms with Gasteiger partial charge in [0.25, 0.3) is 0 Å². The number of carboxylic acids is 2. The molecule has 2 N–H and O–H groups in total. The lowest BCUT2D eigenvalue weighted by Crippen LogP contribution is -2.20. The standard InChI is InChI=1S/C43H54O6/c1-3-33(23-22-32(2)48-31-35-15-7-6-8-16-35)30-49-39-19-12-11-14-34(28-39)24-25-36(17-9-4-5-10-21-42(44)45)40-20-13-18-37-29-38(43(46)47)26-27-41(37)40/h3,6-8,11-12,14-16,22-23,26-27,29,36,39-40H,1,4-5,9-10,13,17-21,24-25,28,30-31H2,2H3,(H,44,45)(H,46,47)/b32-22+,33-23+/t36-,39+,40?/m1/s1. The fourth-order valence-corrected chi connectivity index (χ4v) is 7.05. The number of hydrogen-bond acceptors (Lipinski definition) is 4. The summed E-state index contributed by atoms with van der Waals surface area (Å²) in [5, 5.41) is 18.6. The maximum absolute atomic E-state index is 11.7. The molecule has 6 nitrogen and oxygen atoms in total. The predicted molar refractivity (Wildman–Crippen MR) is 197 cm³/mol. The average molecular weight is 667 g/mol. The summed E-state index contributed by atoms with van der Waals surface area (Å²) in [7, 11) is 0. The molecule has 2 aliphatic carbocycles. The number of aryl methyl sites for hydroxylation is 1. The second kappa shape index (κ2) is 20.4. The van der Waals surface area contributed by atoms with Crippen LogP contribution in [0.4, 0.5) is 0 Å². The Labute approximate surface area is 292 Å². The molecular weight excluding hydrogens is 612 g/mol. The predicted octanol–water partition coefficient (Wildman–Crippen LogP) is 10.5. The molecule has 2 aromatic rings. The van der Waals surface area contributed by atoms with Crippen molar-refractivity contribution in [1.82, 2.24) is 0 Å². The van der Waals surface area contributed by atoms with E-state index in [1.165, 1.54) is 16.7 Å². The van der Waals surface area contributed by atoms with Crippen LogP contribution in [0.2, 0.25) is 0 Å². The number of aliphatic carboxylic acids is 1. The first kappa shape index (κ1) is 37.7. The second-order valence-corrected chi connectivity index (χ2v) is 13.5. The number of carbonyl (C=O) groups is 2. The van der Waals surface area contributed by atoms with Crippen molar-refractivity contribution in [3.63, 3.8) is 0 Å². The first-order valence-corrected chi connectivity index (χ1v) is 18.0. The molecule has 49 heavy (non-hydrogen) atoms. The Balaban J connectivity index is 1.34. The lowest BCUT2D eigenvalue weighted by atomic mass is 9.72. The van der Waals surface area contributed by atoms with Crippen LogP contribution in [0.5, 0.6) is 0 Å². The molecule has 0 saturated carbocycles. The molecule has 0 spiro atoms. The Morgan fingerprint density at radius 3 is 2.61 bits per heavy atom. The topological polar surface area (TPSA) is 93.1 Å². The van der Waals surface area contributed by atoms with Crippen molar-refractivity contribution in [1.29, 1.82) is 0 Å². The van der Waals surface area contributed by atoms with Crippen molar-refractivity contribution in [2.45, 2.75) is 109 Å². The van der Waals surface area contributed by atoms with E-state index in [0.717, 1.165) is 93.9 Å². The lowest BCUT2D eigenvalue weighted by molar-refractivity contribution is -0.137. The number of ether oxygens (including phenoxy) is 2. The number of hydrogen-bond donors (Lipinski definition) is 2. The van der Waals surface area contributed by atoms with Gasteiger partial charge in [-0.3, -0.25) is 4.79 Å². The van der Waals surface area contributed by atoms with E-state index in [-0.39, 0.29) is 12.5 Å². The van der Waals surface area contributed by atoms with Crippen LogP contribution >= 0.6 is 0 Å². The molecule has 1 unspecified atom stereocenters. The van der Waals surface area contributed by atoms with Crippen LogP contribution in [0.1, 0.15) is 117 Å². The summed E-state index contributed by atoms with van der Waals surface area (Å²) in [5.74, 6) is 0.133. The zero-order valence-corrected chi connectivity index (χ0v) is 29.2. The number of carboxylic acid groups (broad SMARTS) is 2. The summed E-state index contributed by atoms with van der Waals surface area (Å²) in [5.41, 5.74) is 6.42. The summed E-state index contributed by atoms with van der Waals surface area (Å²) in [6.07, 6.45) is 24.6. The normalized spacial score (nSPS) is 18.6. The van der Waals surface area contributed by atoms with Gasteiger partial charge in [0, 0.05) is 6.42 Å². The average Bonchev–Trinajstić information content (AvgIpc) is 3.35. The number of fused-ring (bicyclic) bond motifs is 1. The van der Waals surface area contributed by atoms with E-state index in [0.29, 0.717) is 30.6 Å². The van der Waals surface area contributed by atoms with E-state index < -0.39 is 11.9 Å². The zero-order chi connectivity index (χ0) is 34.8. The van der Waals surface area contributed by atoms with Gasteiger partial charge >= 0.3 is 11.9 Å². The molecule has 2 aromatic carbocycles. The van der Waals surface area contributed by atoms with Crippen molar-refractivity contribution >= 4 is 11.9 Å². The Hall–Kier alpha value is -4.16. The monoisotopic (exact) mass is 666 g/mol. The Kier molecular flexibility index (Phi) is 15.7.